The van der Waals surface area contributed by atoms with Crippen LogP contribution in [0.15, 0.2) is 5.10 Å². The molecule has 6 heteroatoms. The van der Waals surface area contributed by atoms with Crippen molar-refractivity contribution in [2.45, 2.75) is 0 Å². The normalized spacial score (nSPS) is 15.8. The molecule has 0 fully saturated rings. The van der Waals surface area contributed by atoms with Crippen LogP contribution >= 0.6 is 0 Å². The highest BCUT2D eigenvalue weighted by Crippen LogP contribution is 1.69. The lowest BCUT2D eigenvalue weighted by atomic mass is 11.2. The molecule has 1 aliphatic heterocycles. The monoisotopic (exact) mass is 115 g/mol. The molecule has 6 nitrogen and oxygen atoms in total. The van der Waals surface area contributed by atoms with Crippen LogP contribution in [0.4, 0.5) is 0 Å². The van der Waals surface area contributed by atoms with Gasteiger partial charge in [-0.2, -0.15) is 5.12 Å². The SMILES string of the molecule is O=CNN1C=NNN1. The summed E-state index contributed by atoms with van der Waals surface area (Å²) >= 11 is 0. The van der Waals surface area contributed by atoms with E-state index in [1.54, 1.807) is 0 Å². The Morgan fingerprint density at radius 1 is 1.88 bits per heavy atom. The second kappa shape index (κ2) is 2.12. The second-order valence-electron chi connectivity index (χ2n) is 1.09. The van der Waals surface area contributed by atoms with Gasteiger partial charge in [-0.3, -0.25) is 10.2 Å². The quantitative estimate of drug-likeness (QED) is 0.361. The van der Waals surface area contributed by atoms with Crippen LogP contribution in [0.25, 0.3) is 0 Å². The number of nitrogens with zero attached hydrogens (tertiary/aromatic N) is 2. The highest BCUT2D eigenvalue weighted by molar-refractivity contribution is 5.58. The number of carbonyl (C=O) groups excluding carboxylic acids is 1. The molecule has 1 amide bonds. The van der Waals surface area contributed by atoms with E-state index >= 15 is 0 Å². The third-order valence-electron chi connectivity index (χ3n) is 0.600. The summed E-state index contributed by atoms with van der Waals surface area (Å²) in [6.45, 7) is 0. The lowest BCUT2D eigenvalue weighted by molar-refractivity contribution is -0.113. The first-order valence-corrected chi connectivity index (χ1v) is 1.96. The molecule has 0 spiro atoms. The molecule has 0 saturated carbocycles. The molecule has 0 bridgehead atoms. The molecular formula is C2H5N5O. The first kappa shape index (κ1) is 4.85. The Bertz CT molecular complexity index is 111. The van der Waals surface area contributed by atoms with Gasteiger partial charge in [0.1, 0.15) is 0 Å². The summed E-state index contributed by atoms with van der Waals surface area (Å²) < 4.78 is 0. The zero-order chi connectivity index (χ0) is 5.82. The van der Waals surface area contributed by atoms with E-state index in [9.17, 15) is 4.79 Å². The fraction of sp³-hybridized carbons (Fsp3) is 0. The molecule has 44 valence electrons. The first-order chi connectivity index (χ1) is 3.93. The maximum absolute atomic E-state index is 9.68. The van der Waals surface area contributed by atoms with Gasteiger partial charge in [0.2, 0.25) is 6.41 Å². The third kappa shape index (κ3) is 0.850. The zero-order valence-corrected chi connectivity index (χ0v) is 3.96. The van der Waals surface area contributed by atoms with Gasteiger partial charge >= 0.3 is 0 Å². The van der Waals surface area contributed by atoms with E-state index in [-0.39, 0.29) is 0 Å². The third-order valence-corrected chi connectivity index (χ3v) is 0.600. The van der Waals surface area contributed by atoms with Gasteiger partial charge in [-0.1, -0.05) is 0 Å². The highest BCUT2D eigenvalue weighted by Gasteiger charge is 1.98. The van der Waals surface area contributed by atoms with E-state index in [4.69, 9.17) is 0 Å². The van der Waals surface area contributed by atoms with Crippen LogP contribution in [0.2, 0.25) is 0 Å². The van der Waals surface area contributed by atoms with Crippen LogP contribution in [0, 0.1) is 0 Å². The molecule has 8 heavy (non-hydrogen) atoms. The van der Waals surface area contributed by atoms with Crippen LogP contribution in [0.5, 0.6) is 0 Å². The van der Waals surface area contributed by atoms with Gasteiger partial charge in [-0.05, 0) is 0 Å². The summed E-state index contributed by atoms with van der Waals surface area (Å²) in [6.07, 6.45) is 1.92. The summed E-state index contributed by atoms with van der Waals surface area (Å²) in [5.41, 5.74) is 7.13. The Morgan fingerprint density at radius 3 is 3.25 bits per heavy atom. The average Bonchev–Trinajstić information content (AvgIpc) is 2.19. The van der Waals surface area contributed by atoms with Crippen molar-refractivity contribution in [3.05, 3.63) is 0 Å². The summed E-state index contributed by atoms with van der Waals surface area (Å²) in [6, 6.07) is 0. The van der Waals surface area contributed by atoms with Crippen molar-refractivity contribution < 1.29 is 4.79 Å². The van der Waals surface area contributed by atoms with Crippen LogP contribution < -0.4 is 16.5 Å². The smallest absolute Gasteiger partial charge is 0.226 e. The van der Waals surface area contributed by atoms with E-state index in [0.717, 1.165) is 0 Å². The van der Waals surface area contributed by atoms with E-state index in [2.05, 4.69) is 21.6 Å². The molecule has 1 rings (SSSR count). The molecule has 0 saturated heterocycles. The van der Waals surface area contributed by atoms with Gasteiger partial charge in [0, 0.05) is 0 Å². The van der Waals surface area contributed by atoms with Gasteiger partial charge < -0.3 is 0 Å². The van der Waals surface area contributed by atoms with E-state index < -0.39 is 0 Å². The second-order valence-corrected chi connectivity index (χ2v) is 1.09. The van der Waals surface area contributed by atoms with Crippen molar-refractivity contribution in [3.63, 3.8) is 0 Å². The van der Waals surface area contributed by atoms with E-state index in [1.807, 2.05) is 0 Å². The summed E-state index contributed by atoms with van der Waals surface area (Å²) in [5.74, 6) is 0. The number of hydrazine groups is 3. The molecule has 0 aromatic heterocycles. The number of hydrazone groups is 1. The number of nitrogens with one attached hydrogen (secondary N) is 3. The van der Waals surface area contributed by atoms with Crippen molar-refractivity contribution in [1.29, 1.82) is 0 Å². The lowest BCUT2D eigenvalue weighted by Gasteiger charge is -2.08. The molecule has 0 aliphatic carbocycles. The molecule has 0 aromatic carbocycles. The molecule has 0 atom stereocenters. The Balaban J connectivity index is 2.25. The topological polar surface area (TPSA) is 68.8 Å². The minimum atomic E-state index is 0.534. The summed E-state index contributed by atoms with van der Waals surface area (Å²) in [4.78, 5) is 9.68. The largest absolute Gasteiger partial charge is 0.277 e. The van der Waals surface area contributed by atoms with Gasteiger partial charge in [0.15, 0.2) is 6.34 Å². The van der Waals surface area contributed by atoms with Crippen molar-refractivity contribution in [1.82, 2.24) is 21.6 Å². The fourth-order valence-electron chi connectivity index (χ4n) is 0.321. The number of amides is 1. The van der Waals surface area contributed by atoms with Crippen LogP contribution in [-0.2, 0) is 4.79 Å². The molecule has 0 unspecified atom stereocenters. The fourth-order valence-corrected chi connectivity index (χ4v) is 0.321. The van der Waals surface area contributed by atoms with E-state index in [1.165, 1.54) is 11.5 Å². The van der Waals surface area contributed by atoms with E-state index in [0.29, 0.717) is 6.41 Å². The summed E-state index contributed by atoms with van der Waals surface area (Å²) in [5, 5.41) is 4.77. The predicted octanol–water partition coefficient (Wildman–Crippen LogP) is -2.08. The molecule has 1 heterocycles. The van der Waals surface area contributed by atoms with Gasteiger partial charge in [0.05, 0.1) is 0 Å². The molecule has 0 radical (unpaired) electrons. The Hall–Kier alpha value is -1.30. The van der Waals surface area contributed by atoms with Crippen molar-refractivity contribution in [2.75, 3.05) is 0 Å². The summed E-state index contributed by atoms with van der Waals surface area (Å²) in [7, 11) is 0. The number of rotatable bonds is 2. The van der Waals surface area contributed by atoms with Crippen LogP contribution in [-0.4, -0.2) is 17.9 Å². The Morgan fingerprint density at radius 2 is 2.75 bits per heavy atom. The minimum absolute atomic E-state index is 0.534. The van der Waals surface area contributed by atoms with Gasteiger partial charge in [0.25, 0.3) is 0 Å². The maximum atomic E-state index is 9.68. The van der Waals surface area contributed by atoms with Gasteiger partial charge in [-0.25, -0.2) is 5.53 Å². The zero-order valence-electron chi connectivity index (χ0n) is 3.96. The maximum Gasteiger partial charge on any atom is 0.226 e. The van der Waals surface area contributed by atoms with Crippen molar-refractivity contribution >= 4 is 12.7 Å². The lowest BCUT2D eigenvalue weighted by Crippen LogP contribution is -2.45. The number of hydrogen-bond acceptors (Lipinski definition) is 5. The molecule has 0 aromatic rings. The van der Waals surface area contributed by atoms with Crippen molar-refractivity contribution in [3.8, 4) is 0 Å². The minimum Gasteiger partial charge on any atom is -0.277 e. The van der Waals surface area contributed by atoms with Crippen LogP contribution in [0.1, 0.15) is 0 Å². The molecule has 3 N–H and O–H groups in total. The number of carbonyl (C=O) groups is 1. The Labute approximate surface area is 45.4 Å². The molecule has 1 aliphatic rings. The van der Waals surface area contributed by atoms with Gasteiger partial charge in [-0.15, -0.1) is 10.6 Å². The Kier molecular flexibility index (Phi) is 1.29. The van der Waals surface area contributed by atoms with Crippen LogP contribution in [0.3, 0.4) is 0 Å². The number of hydrogen-bond donors (Lipinski definition) is 3. The highest BCUT2D eigenvalue weighted by atomic mass is 16.1. The molecular weight excluding hydrogens is 110 g/mol. The first-order valence-electron chi connectivity index (χ1n) is 1.96. The predicted molar refractivity (Wildman–Crippen MR) is 25.8 cm³/mol. The average molecular weight is 115 g/mol. The standard InChI is InChI=1S/C2H5N5O/c8-2-4-7-1-3-5-6-7/h1-2,5-6H,(H,4,8). The van der Waals surface area contributed by atoms with Crippen molar-refractivity contribution in [2.24, 2.45) is 5.10 Å².